The van der Waals surface area contributed by atoms with Crippen LogP contribution >= 0.6 is 0 Å². The van der Waals surface area contributed by atoms with E-state index in [0.29, 0.717) is 19.7 Å². The Bertz CT molecular complexity index is 965. The molecule has 182 valence electrons. The van der Waals surface area contributed by atoms with Gasteiger partial charge in [-0.25, -0.2) is 0 Å². The first-order valence-corrected chi connectivity index (χ1v) is 12.7. The molecule has 0 aliphatic carbocycles. The molecule has 2 heterocycles. The molecule has 0 bridgehead atoms. The summed E-state index contributed by atoms with van der Waals surface area (Å²) in [5.74, 6) is 1.07. The second-order valence-corrected chi connectivity index (χ2v) is 9.57. The van der Waals surface area contributed by atoms with E-state index in [-0.39, 0.29) is 17.2 Å². The number of fused-ring (bicyclic) bond motifs is 1. The summed E-state index contributed by atoms with van der Waals surface area (Å²) in [6, 6.07) is 16.2. The lowest BCUT2D eigenvalue weighted by Gasteiger charge is -2.40. The SMILES string of the molecule is CCc1ccc(NC(=O)CN2CCC3(CCCCc4ccccc4OCCNC3=O)CC2)cc1. The van der Waals surface area contributed by atoms with Crippen molar-refractivity contribution >= 4 is 17.5 Å². The van der Waals surface area contributed by atoms with Crippen molar-refractivity contribution in [2.24, 2.45) is 5.41 Å². The number of rotatable bonds is 4. The molecule has 6 heteroatoms. The molecule has 2 aliphatic rings. The molecule has 2 aliphatic heterocycles. The highest BCUT2D eigenvalue weighted by molar-refractivity contribution is 5.92. The number of benzene rings is 2. The third kappa shape index (κ3) is 6.17. The van der Waals surface area contributed by atoms with Crippen LogP contribution in [0.25, 0.3) is 0 Å². The van der Waals surface area contributed by atoms with E-state index in [0.717, 1.165) is 69.5 Å². The number of aryl methyl sites for hydroxylation is 2. The standard InChI is InChI=1S/C28H37N3O3/c1-2-22-10-12-24(13-11-22)30-26(32)21-31-18-15-28(16-19-31)14-6-5-8-23-7-3-4-9-25(23)34-20-17-29-27(28)33/h3-4,7,9-13H,2,5-6,8,14-21H2,1H3,(H,29,33)(H,30,32). The van der Waals surface area contributed by atoms with E-state index in [1.54, 1.807) is 0 Å². The zero-order valence-corrected chi connectivity index (χ0v) is 20.3. The molecule has 34 heavy (non-hydrogen) atoms. The van der Waals surface area contributed by atoms with Crippen molar-refractivity contribution in [1.29, 1.82) is 0 Å². The van der Waals surface area contributed by atoms with Crippen molar-refractivity contribution in [2.75, 3.05) is 38.1 Å². The van der Waals surface area contributed by atoms with E-state index in [2.05, 4.69) is 34.6 Å². The van der Waals surface area contributed by atoms with Gasteiger partial charge in [-0.3, -0.25) is 14.5 Å². The molecule has 4 rings (SSSR count). The second-order valence-electron chi connectivity index (χ2n) is 9.57. The fourth-order valence-corrected chi connectivity index (χ4v) is 5.10. The van der Waals surface area contributed by atoms with Crippen LogP contribution in [0.15, 0.2) is 48.5 Å². The van der Waals surface area contributed by atoms with Crippen molar-refractivity contribution in [1.82, 2.24) is 10.2 Å². The molecule has 0 saturated carbocycles. The first-order chi connectivity index (χ1) is 16.6. The van der Waals surface area contributed by atoms with Gasteiger partial charge in [0.25, 0.3) is 0 Å². The minimum Gasteiger partial charge on any atom is -0.491 e. The summed E-state index contributed by atoms with van der Waals surface area (Å²) >= 11 is 0. The van der Waals surface area contributed by atoms with E-state index in [1.807, 2.05) is 36.4 Å². The summed E-state index contributed by atoms with van der Waals surface area (Å²) in [5, 5.41) is 6.13. The molecule has 2 aromatic rings. The van der Waals surface area contributed by atoms with Crippen molar-refractivity contribution in [3.63, 3.8) is 0 Å². The average Bonchev–Trinajstić information content (AvgIpc) is 2.86. The largest absolute Gasteiger partial charge is 0.491 e. The second kappa shape index (κ2) is 11.5. The normalized spacial score (nSPS) is 19.1. The number of para-hydroxylation sites is 1. The van der Waals surface area contributed by atoms with Gasteiger partial charge in [0.05, 0.1) is 18.5 Å². The first-order valence-electron chi connectivity index (χ1n) is 12.7. The molecule has 1 spiro atoms. The summed E-state index contributed by atoms with van der Waals surface area (Å²) < 4.78 is 5.94. The number of hydrogen-bond donors (Lipinski definition) is 2. The predicted octanol–water partition coefficient (Wildman–Crippen LogP) is 4.19. The van der Waals surface area contributed by atoms with Gasteiger partial charge in [-0.2, -0.15) is 0 Å². The van der Waals surface area contributed by atoms with Gasteiger partial charge >= 0.3 is 0 Å². The summed E-state index contributed by atoms with van der Waals surface area (Å²) in [5.41, 5.74) is 2.99. The lowest BCUT2D eigenvalue weighted by Crippen LogP contribution is -2.50. The van der Waals surface area contributed by atoms with Gasteiger partial charge in [-0.15, -0.1) is 0 Å². The van der Waals surface area contributed by atoms with E-state index in [9.17, 15) is 9.59 Å². The maximum atomic E-state index is 13.2. The Morgan fingerprint density at radius 1 is 1.06 bits per heavy atom. The highest BCUT2D eigenvalue weighted by Gasteiger charge is 2.40. The van der Waals surface area contributed by atoms with Crippen LogP contribution in [0, 0.1) is 5.41 Å². The van der Waals surface area contributed by atoms with E-state index in [1.165, 1.54) is 11.1 Å². The average molecular weight is 464 g/mol. The molecule has 2 aromatic carbocycles. The maximum Gasteiger partial charge on any atom is 0.238 e. The lowest BCUT2D eigenvalue weighted by molar-refractivity contribution is -0.135. The van der Waals surface area contributed by atoms with Crippen LogP contribution in [-0.4, -0.2) is 49.5 Å². The van der Waals surface area contributed by atoms with Crippen LogP contribution < -0.4 is 15.4 Å². The van der Waals surface area contributed by atoms with Crippen molar-refractivity contribution in [2.45, 2.75) is 51.9 Å². The molecule has 0 aromatic heterocycles. The zero-order valence-electron chi connectivity index (χ0n) is 20.3. The third-order valence-electron chi connectivity index (χ3n) is 7.28. The molecule has 0 atom stereocenters. The number of anilines is 1. The topological polar surface area (TPSA) is 70.7 Å². The fraction of sp³-hybridized carbons (Fsp3) is 0.500. The minimum absolute atomic E-state index is 0.000782. The smallest absolute Gasteiger partial charge is 0.238 e. The van der Waals surface area contributed by atoms with Gasteiger partial charge in [0, 0.05) is 5.69 Å². The van der Waals surface area contributed by atoms with Crippen LogP contribution in [0.1, 0.15) is 50.2 Å². The number of carbonyl (C=O) groups excluding carboxylic acids is 2. The van der Waals surface area contributed by atoms with Crippen molar-refractivity contribution < 1.29 is 14.3 Å². The maximum absolute atomic E-state index is 13.2. The Morgan fingerprint density at radius 3 is 2.59 bits per heavy atom. The molecule has 1 fully saturated rings. The zero-order chi connectivity index (χ0) is 23.8. The highest BCUT2D eigenvalue weighted by Crippen LogP contribution is 2.37. The summed E-state index contributed by atoms with van der Waals surface area (Å²) in [4.78, 5) is 28.0. The lowest BCUT2D eigenvalue weighted by atomic mass is 9.73. The quantitative estimate of drug-likeness (QED) is 0.713. The number of amides is 2. The van der Waals surface area contributed by atoms with Gasteiger partial charge in [-0.1, -0.05) is 43.7 Å². The molecule has 0 unspecified atom stereocenters. The molecule has 2 amide bonds. The number of hydrogen-bond acceptors (Lipinski definition) is 4. The van der Waals surface area contributed by atoms with Gasteiger partial charge in [0.1, 0.15) is 12.4 Å². The van der Waals surface area contributed by atoms with E-state index < -0.39 is 0 Å². The molecular weight excluding hydrogens is 426 g/mol. The van der Waals surface area contributed by atoms with Crippen LogP contribution in [0.2, 0.25) is 0 Å². The van der Waals surface area contributed by atoms with Crippen molar-refractivity contribution in [3.05, 3.63) is 59.7 Å². The molecule has 0 radical (unpaired) electrons. The Labute approximate surface area is 203 Å². The number of nitrogens with one attached hydrogen (secondary N) is 2. The number of ether oxygens (including phenoxy) is 1. The van der Waals surface area contributed by atoms with Gasteiger partial charge in [0.15, 0.2) is 0 Å². The summed E-state index contributed by atoms with van der Waals surface area (Å²) in [6.45, 7) is 4.98. The molecular formula is C28H37N3O3. The molecule has 1 saturated heterocycles. The molecule has 2 N–H and O–H groups in total. The van der Waals surface area contributed by atoms with Crippen LogP contribution in [0.4, 0.5) is 5.69 Å². The fourth-order valence-electron chi connectivity index (χ4n) is 5.10. The predicted molar refractivity (Wildman–Crippen MR) is 135 cm³/mol. The van der Waals surface area contributed by atoms with Crippen LogP contribution in [0.5, 0.6) is 5.75 Å². The van der Waals surface area contributed by atoms with Gasteiger partial charge < -0.3 is 15.4 Å². The van der Waals surface area contributed by atoms with Crippen LogP contribution in [0.3, 0.4) is 0 Å². The first kappa shape index (κ1) is 24.3. The van der Waals surface area contributed by atoms with Gasteiger partial charge in [-0.05, 0) is 80.9 Å². The summed E-state index contributed by atoms with van der Waals surface area (Å²) in [7, 11) is 0. The summed E-state index contributed by atoms with van der Waals surface area (Å²) in [6.07, 6.45) is 6.47. The Hall–Kier alpha value is -2.86. The third-order valence-corrected chi connectivity index (χ3v) is 7.28. The Balaban J connectivity index is 1.31. The van der Waals surface area contributed by atoms with E-state index in [4.69, 9.17) is 4.74 Å². The number of piperidine rings is 1. The number of likely N-dealkylation sites (tertiary alicyclic amines) is 1. The minimum atomic E-state index is -0.346. The Kier molecular flexibility index (Phi) is 8.22. The molecule has 6 nitrogen and oxygen atoms in total. The van der Waals surface area contributed by atoms with Crippen LogP contribution in [-0.2, 0) is 22.4 Å². The van der Waals surface area contributed by atoms with Crippen molar-refractivity contribution in [3.8, 4) is 5.75 Å². The highest BCUT2D eigenvalue weighted by atomic mass is 16.5. The Morgan fingerprint density at radius 2 is 1.82 bits per heavy atom. The van der Waals surface area contributed by atoms with Gasteiger partial charge in [0.2, 0.25) is 11.8 Å². The number of nitrogens with zero attached hydrogens (tertiary/aromatic N) is 1. The number of carbonyl (C=O) groups is 2. The monoisotopic (exact) mass is 463 g/mol. The van der Waals surface area contributed by atoms with E-state index >= 15 is 0 Å².